The first kappa shape index (κ1) is 11.1. The van der Waals surface area contributed by atoms with Gasteiger partial charge in [-0.15, -0.1) is 0 Å². The van der Waals surface area contributed by atoms with Gasteiger partial charge >= 0.3 is 5.97 Å². The van der Waals surface area contributed by atoms with Gasteiger partial charge in [0, 0.05) is 13.1 Å². The van der Waals surface area contributed by atoms with Crippen molar-refractivity contribution in [1.29, 1.82) is 0 Å². The van der Waals surface area contributed by atoms with Crippen LogP contribution in [0.4, 0.5) is 5.95 Å². The van der Waals surface area contributed by atoms with Crippen molar-refractivity contribution in [3.05, 3.63) is 24.3 Å². The summed E-state index contributed by atoms with van der Waals surface area (Å²) < 4.78 is 0. The van der Waals surface area contributed by atoms with E-state index in [1.807, 2.05) is 29.2 Å². The van der Waals surface area contributed by atoms with Crippen LogP contribution in [0.2, 0.25) is 0 Å². The minimum absolute atomic E-state index is 0.285. The fraction of sp³-hybridized carbons (Fsp3) is 0.385. The Bertz CT molecular complexity index is 545. The summed E-state index contributed by atoms with van der Waals surface area (Å²) in [4.78, 5) is 20.8. The zero-order chi connectivity index (χ0) is 12.5. The van der Waals surface area contributed by atoms with Crippen molar-refractivity contribution in [3.63, 3.8) is 0 Å². The number of nitrogens with one attached hydrogen (secondary N) is 1. The minimum Gasteiger partial charge on any atom is -0.481 e. The molecule has 1 aromatic carbocycles. The number of aromatic nitrogens is 2. The number of rotatable bonds is 2. The monoisotopic (exact) mass is 245 g/mol. The number of carbonyl (C=O) groups is 1. The van der Waals surface area contributed by atoms with Crippen molar-refractivity contribution in [3.8, 4) is 0 Å². The molecular weight excluding hydrogens is 230 g/mol. The molecule has 1 fully saturated rings. The van der Waals surface area contributed by atoms with E-state index in [4.69, 9.17) is 5.11 Å². The number of aromatic amines is 1. The number of piperidine rings is 1. The predicted octanol–water partition coefficient (Wildman–Crippen LogP) is 1.86. The first-order valence-corrected chi connectivity index (χ1v) is 6.16. The molecule has 0 spiro atoms. The molecular formula is C13H15N3O2. The van der Waals surface area contributed by atoms with Crippen LogP contribution in [0.5, 0.6) is 0 Å². The molecule has 1 aliphatic rings. The maximum absolute atomic E-state index is 11.0. The van der Waals surface area contributed by atoms with Crippen molar-refractivity contribution in [2.45, 2.75) is 12.8 Å². The number of para-hydroxylation sites is 2. The number of anilines is 1. The molecule has 1 aliphatic heterocycles. The molecule has 2 aromatic rings. The van der Waals surface area contributed by atoms with Gasteiger partial charge in [-0.05, 0) is 25.0 Å². The molecule has 3 rings (SSSR count). The highest BCUT2D eigenvalue weighted by atomic mass is 16.4. The van der Waals surface area contributed by atoms with Crippen molar-refractivity contribution in [2.24, 2.45) is 5.92 Å². The van der Waals surface area contributed by atoms with Crippen molar-refractivity contribution in [2.75, 3.05) is 18.0 Å². The summed E-state index contributed by atoms with van der Waals surface area (Å²) in [6, 6.07) is 7.84. The van der Waals surface area contributed by atoms with Crippen molar-refractivity contribution in [1.82, 2.24) is 9.97 Å². The maximum atomic E-state index is 11.0. The molecule has 0 aliphatic carbocycles. The maximum Gasteiger partial charge on any atom is 0.308 e. The molecule has 5 nitrogen and oxygen atoms in total. The van der Waals surface area contributed by atoms with Crippen LogP contribution in [0.1, 0.15) is 12.8 Å². The number of hydrogen-bond donors (Lipinski definition) is 2. The van der Waals surface area contributed by atoms with Crippen LogP contribution in [0.15, 0.2) is 24.3 Å². The standard InChI is InChI=1S/C13H15N3O2/c17-12(18)9-4-3-7-16(8-9)13-14-10-5-1-2-6-11(10)15-13/h1-2,5-6,9H,3-4,7-8H2,(H,14,15)(H,17,18)/t9-/m1/s1. The number of imidazole rings is 1. The average molecular weight is 245 g/mol. The Morgan fingerprint density at radius 1 is 1.44 bits per heavy atom. The Kier molecular flexibility index (Phi) is 2.66. The number of benzene rings is 1. The Morgan fingerprint density at radius 2 is 2.28 bits per heavy atom. The summed E-state index contributed by atoms with van der Waals surface area (Å²) in [6.07, 6.45) is 1.65. The lowest BCUT2D eigenvalue weighted by Gasteiger charge is -2.30. The summed E-state index contributed by atoms with van der Waals surface area (Å²) in [5.74, 6) is -0.218. The summed E-state index contributed by atoms with van der Waals surface area (Å²) >= 11 is 0. The van der Waals surface area contributed by atoms with E-state index in [1.54, 1.807) is 0 Å². The smallest absolute Gasteiger partial charge is 0.308 e. The van der Waals surface area contributed by atoms with Crippen LogP contribution >= 0.6 is 0 Å². The highest BCUT2D eigenvalue weighted by Crippen LogP contribution is 2.23. The zero-order valence-corrected chi connectivity index (χ0v) is 9.97. The minimum atomic E-state index is -0.712. The van der Waals surface area contributed by atoms with E-state index in [1.165, 1.54) is 0 Å². The van der Waals surface area contributed by atoms with Crippen LogP contribution in [-0.4, -0.2) is 34.1 Å². The lowest BCUT2D eigenvalue weighted by molar-refractivity contribution is -0.141. The SMILES string of the molecule is O=C(O)[C@@H]1CCCN(c2nc3ccccc3[nH]2)C1. The fourth-order valence-electron chi connectivity index (χ4n) is 2.46. The molecule has 0 bridgehead atoms. The zero-order valence-electron chi connectivity index (χ0n) is 9.97. The molecule has 2 heterocycles. The van der Waals surface area contributed by atoms with Gasteiger partial charge in [-0.3, -0.25) is 4.79 Å². The fourth-order valence-corrected chi connectivity index (χ4v) is 2.46. The molecule has 0 unspecified atom stereocenters. The van der Waals surface area contributed by atoms with E-state index in [-0.39, 0.29) is 5.92 Å². The van der Waals surface area contributed by atoms with Crippen LogP contribution < -0.4 is 4.90 Å². The summed E-state index contributed by atoms with van der Waals surface area (Å²) in [7, 11) is 0. The molecule has 0 saturated carbocycles. The van der Waals surface area contributed by atoms with Gasteiger partial charge < -0.3 is 15.0 Å². The number of carboxylic acids is 1. The molecule has 1 atom stereocenters. The van der Waals surface area contributed by atoms with Gasteiger partial charge in [0.2, 0.25) is 5.95 Å². The molecule has 0 radical (unpaired) electrons. The van der Waals surface area contributed by atoms with Crippen LogP contribution in [0.3, 0.4) is 0 Å². The molecule has 0 amide bonds. The lowest BCUT2D eigenvalue weighted by Crippen LogP contribution is -2.39. The lowest BCUT2D eigenvalue weighted by atomic mass is 9.99. The Hall–Kier alpha value is -2.04. The van der Waals surface area contributed by atoms with Crippen LogP contribution in [-0.2, 0) is 4.79 Å². The van der Waals surface area contributed by atoms with Gasteiger partial charge in [0.1, 0.15) is 0 Å². The predicted molar refractivity (Wildman–Crippen MR) is 68.7 cm³/mol. The quantitative estimate of drug-likeness (QED) is 0.847. The second-order valence-electron chi connectivity index (χ2n) is 4.70. The number of H-pyrrole nitrogens is 1. The number of fused-ring (bicyclic) bond motifs is 1. The van der Waals surface area contributed by atoms with Crippen LogP contribution in [0.25, 0.3) is 11.0 Å². The van der Waals surface area contributed by atoms with Crippen molar-refractivity contribution < 1.29 is 9.90 Å². The molecule has 2 N–H and O–H groups in total. The largest absolute Gasteiger partial charge is 0.481 e. The van der Waals surface area contributed by atoms with Crippen LogP contribution in [0, 0.1) is 5.92 Å². The second-order valence-corrected chi connectivity index (χ2v) is 4.70. The summed E-state index contributed by atoms with van der Waals surface area (Å²) in [6.45, 7) is 1.40. The number of aliphatic carboxylic acids is 1. The third-order valence-electron chi connectivity index (χ3n) is 3.45. The number of hydrogen-bond acceptors (Lipinski definition) is 3. The highest BCUT2D eigenvalue weighted by molar-refractivity contribution is 5.77. The van der Waals surface area contributed by atoms with E-state index in [9.17, 15) is 4.79 Å². The molecule has 1 saturated heterocycles. The third kappa shape index (κ3) is 1.92. The van der Waals surface area contributed by atoms with Gasteiger partial charge in [0.05, 0.1) is 17.0 Å². The number of nitrogens with zero attached hydrogens (tertiary/aromatic N) is 2. The average Bonchev–Trinajstić information content (AvgIpc) is 2.82. The van der Waals surface area contributed by atoms with Gasteiger partial charge in [-0.2, -0.15) is 0 Å². The van der Waals surface area contributed by atoms with Gasteiger partial charge in [-0.25, -0.2) is 4.98 Å². The van der Waals surface area contributed by atoms with Gasteiger partial charge in [0.25, 0.3) is 0 Å². The van der Waals surface area contributed by atoms with E-state index >= 15 is 0 Å². The van der Waals surface area contributed by atoms with E-state index < -0.39 is 5.97 Å². The Morgan fingerprint density at radius 3 is 3.06 bits per heavy atom. The second kappa shape index (κ2) is 4.33. The summed E-state index contributed by atoms with van der Waals surface area (Å²) in [5, 5.41) is 9.09. The third-order valence-corrected chi connectivity index (χ3v) is 3.45. The van der Waals surface area contributed by atoms with Gasteiger partial charge in [0.15, 0.2) is 0 Å². The molecule has 18 heavy (non-hydrogen) atoms. The number of carboxylic acid groups (broad SMARTS) is 1. The Labute approximate surface area is 104 Å². The molecule has 94 valence electrons. The molecule has 1 aromatic heterocycles. The molecule has 5 heteroatoms. The topological polar surface area (TPSA) is 69.2 Å². The van der Waals surface area contributed by atoms with E-state index in [0.29, 0.717) is 6.54 Å². The summed E-state index contributed by atoms with van der Waals surface area (Å²) in [5.41, 5.74) is 1.91. The highest BCUT2D eigenvalue weighted by Gasteiger charge is 2.26. The Balaban J connectivity index is 1.87. The van der Waals surface area contributed by atoms with E-state index in [2.05, 4.69) is 9.97 Å². The van der Waals surface area contributed by atoms with Crippen molar-refractivity contribution >= 4 is 23.0 Å². The van der Waals surface area contributed by atoms with Gasteiger partial charge in [-0.1, -0.05) is 12.1 Å². The first-order chi connectivity index (χ1) is 8.74. The van der Waals surface area contributed by atoms with E-state index in [0.717, 1.165) is 36.4 Å². The first-order valence-electron chi connectivity index (χ1n) is 6.16. The normalized spacial score (nSPS) is 20.2.